The van der Waals surface area contributed by atoms with Crippen LogP contribution in [-0.4, -0.2) is 92.3 Å². The number of amides is 2. The lowest BCUT2D eigenvalue weighted by Crippen LogP contribution is -2.55. The molecule has 6 nitrogen and oxygen atoms in total. The molecule has 0 radical (unpaired) electrons. The molecule has 20 heavy (non-hydrogen) atoms. The smallest absolute Gasteiger partial charge is 0.320 e. The first-order valence-corrected chi connectivity index (χ1v) is 7.91. The quantitative estimate of drug-likeness (QED) is 0.724. The molecule has 3 rings (SSSR count). The van der Waals surface area contributed by atoms with Crippen molar-refractivity contribution in [2.75, 3.05) is 65.6 Å². The molecule has 0 aliphatic carbocycles. The van der Waals surface area contributed by atoms with Crippen molar-refractivity contribution < 1.29 is 9.53 Å². The van der Waals surface area contributed by atoms with Crippen molar-refractivity contribution in [1.82, 2.24) is 20.0 Å². The first-order chi connectivity index (χ1) is 9.84. The Bertz CT molecular complexity index is 319. The normalized spacial score (nSPS) is 26.8. The Balaban J connectivity index is 1.46. The molecule has 0 bridgehead atoms. The first-order valence-electron chi connectivity index (χ1n) is 7.91. The molecule has 1 N–H and O–H groups in total. The lowest BCUT2D eigenvalue weighted by molar-refractivity contribution is 0.0366. The standard InChI is InChI=1S/C14H26N4O2/c19-14(18-9-11-20-12-10-18)17-5-1-13(2-6-17)16-7-3-15-4-8-16/h13,15H,1-12H2. The second-order valence-corrected chi connectivity index (χ2v) is 5.89. The number of carbonyl (C=O) groups is 1. The zero-order chi connectivity index (χ0) is 13.8. The number of piperidine rings is 1. The van der Waals surface area contributed by atoms with E-state index in [2.05, 4.69) is 10.2 Å². The van der Waals surface area contributed by atoms with Gasteiger partial charge in [0.1, 0.15) is 0 Å². The number of urea groups is 1. The zero-order valence-electron chi connectivity index (χ0n) is 12.2. The highest BCUT2D eigenvalue weighted by Crippen LogP contribution is 2.18. The van der Waals surface area contributed by atoms with Crippen LogP contribution in [0.3, 0.4) is 0 Å². The Kier molecular flexibility index (Phi) is 4.75. The van der Waals surface area contributed by atoms with Gasteiger partial charge in [-0.05, 0) is 12.8 Å². The Morgan fingerprint density at radius 2 is 1.50 bits per heavy atom. The number of nitrogens with zero attached hydrogens (tertiary/aromatic N) is 3. The van der Waals surface area contributed by atoms with E-state index in [4.69, 9.17) is 4.74 Å². The number of piperazine rings is 1. The highest BCUT2D eigenvalue weighted by atomic mass is 16.5. The Morgan fingerprint density at radius 1 is 0.900 bits per heavy atom. The summed E-state index contributed by atoms with van der Waals surface area (Å²) in [6.07, 6.45) is 2.24. The van der Waals surface area contributed by atoms with E-state index in [-0.39, 0.29) is 6.03 Å². The van der Waals surface area contributed by atoms with Crippen molar-refractivity contribution in [3.63, 3.8) is 0 Å². The molecule has 3 aliphatic heterocycles. The minimum atomic E-state index is 0.215. The number of carbonyl (C=O) groups excluding carboxylic acids is 1. The summed E-state index contributed by atoms with van der Waals surface area (Å²) in [5, 5.41) is 3.40. The summed E-state index contributed by atoms with van der Waals surface area (Å²) in [4.78, 5) is 19.0. The summed E-state index contributed by atoms with van der Waals surface area (Å²) in [5.41, 5.74) is 0. The zero-order valence-corrected chi connectivity index (χ0v) is 12.2. The van der Waals surface area contributed by atoms with Gasteiger partial charge in [-0.25, -0.2) is 4.79 Å². The summed E-state index contributed by atoms with van der Waals surface area (Å²) in [6, 6.07) is 0.887. The maximum absolute atomic E-state index is 12.4. The van der Waals surface area contributed by atoms with E-state index in [1.54, 1.807) is 0 Å². The molecule has 3 fully saturated rings. The van der Waals surface area contributed by atoms with Crippen LogP contribution in [0.25, 0.3) is 0 Å². The van der Waals surface area contributed by atoms with Crippen molar-refractivity contribution in [2.24, 2.45) is 0 Å². The largest absolute Gasteiger partial charge is 0.378 e. The molecule has 0 atom stereocenters. The van der Waals surface area contributed by atoms with Gasteiger partial charge in [-0.2, -0.15) is 0 Å². The minimum Gasteiger partial charge on any atom is -0.378 e. The van der Waals surface area contributed by atoms with Gasteiger partial charge in [0.15, 0.2) is 0 Å². The fourth-order valence-electron chi connectivity index (χ4n) is 3.42. The number of hydrogen-bond acceptors (Lipinski definition) is 4. The van der Waals surface area contributed by atoms with Gasteiger partial charge in [-0.15, -0.1) is 0 Å². The van der Waals surface area contributed by atoms with Gasteiger partial charge in [-0.1, -0.05) is 0 Å². The number of rotatable bonds is 1. The van der Waals surface area contributed by atoms with E-state index >= 15 is 0 Å². The molecule has 3 aliphatic rings. The van der Waals surface area contributed by atoms with Crippen LogP contribution >= 0.6 is 0 Å². The van der Waals surface area contributed by atoms with Crippen LogP contribution in [0.5, 0.6) is 0 Å². The van der Waals surface area contributed by atoms with Crippen molar-refractivity contribution >= 4 is 6.03 Å². The van der Waals surface area contributed by atoms with E-state index in [9.17, 15) is 4.79 Å². The van der Waals surface area contributed by atoms with Crippen molar-refractivity contribution in [3.05, 3.63) is 0 Å². The maximum atomic E-state index is 12.4. The molecule has 0 aromatic heterocycles. The van der Waals surface area contributed by atoms with Gasteiger partial charge in [-0.3, -0.25) is 4.90 Å². The summed E-state index contributed by atoms with van der Waals surface area (Å²) in [6.45, 7) is 9.19. The lowest BCUT2D eigenvalue weighted by Gasteiger charge is -2.41. The van der Waals surface area contributed by atoms with Crippen LogP contribution < -0.4 is 5.32 Å². The molecule has 114 valence electrons. The highest BCUT2D eigenvalue weighted by Gasteiger charge is 2.30. The van der Waals surface area contributed by atoms with Gasteiger partial charge in [0.2, 0.25) is 0 Å². The van der Waals surface area contributed by atoms with Crippen LogP contribution in [0.2, 0.25) is 0 Å². The fraction of sp³-hybridized carbons (Fsp3) is 0.929. The number of nitrogens with one attached hydrogen (secondary N) is 1. The Morgan fingerprint density at radius 3 is 2.15 bits per heavy atom. The minimum absolute atomic E-state index is 0.215. The van der Waals surface area contributed by atoms with E-state index in [0.717, 1.165) is 65.2 Å². The monoisotopic (exact) mass is 282 g/mol. The molecule has 3 saturated heterocycles. The highest BCUT2D eigenvalue weighted by molar-refractivity contribution is 5.74. The predicted molar refractivity (Wildman–Crippen MR) is 76.8 cm³/mol. The SMILES string of the molecule is O=C(N1CCOCC1)N1CCC(N2CCNCC2)CC1. The second kappa shape index (κ2) is 6.74. The number of ether oxygens (including phenoxy) is 1. The van der Waals surface area contributed by atoms with Crippen molar-refractivity contribution in [2.45, 2.75) is 18.9 Å². The maximum Gasteiger partial charge on any atom is 0.320 e. The fourth-order valence-corrected chi connectivity index (χ4v) is 3.42. The van der Waals surface area contributed by atoms with Crippen molar-refractivity contribution in [3.8, 4) is 0 Å². The van der Waals surface area contributed by atoms with Crippen LogP contribution in [0, 0.1) is 0 Å². The summed E-state index contributed by atoms with van der Waals surface area (Å²) in [7, 11) is 0. The molecule has 2 amide bonds. The third kappa shape index (κ3) is 3.24. The Labute approximate surface area is 121 Å². The molecule has 0 spiro atoms. The van der Waals surface area contributed by atoms with E-state index in [1.165, 1.54) is 0 Å². The third-order valence-corrected chi connectivity index (χ3v) is 4.68. The Hall–Kier alpha value is -0.850. The molecule has 0 aromatic carbocycles. The van der Waals surface area contributed by atoms with E-state index in [1.807, 2.05) is 9.80 Å². The van der Waals surface area contributed by atoms with Gasteiger partial charge in [0, 0.05) is 58.4 Å². The summed E-state index contributed by atoms with van der Waals surface area (Å²) < 4.78 is 5.31. The van der Waals surface area contributed by atoms with Gasteiger partial charge >= 0.3 is 6.03 Å². The third-order valence-electron chi connectivity index (χ3n) is 4.68. The average Bonchev–Trinajstić information content (AvgIpc) is 2.56. The van der Waals surface area contributed by atoms with Crippen LogP contribution in [0.4, 0.5) is 4.79 Å². The van der Waals surface area contributed by atoms with Crippen LogP contribution in [-0.2, 0) is 4.74 Å². The van der Waals surface area contributed by atoms with Crippen molar-refractivity contribution in [1.29, 1.82) is 0 Å². The number of likely N-dealkylation sites (tertiary alicyclic amines) is 1. The average molecular weight is 282 g/mol. The molecule has 0 aromatic rings. The van der Waals surface area contributed by atoms with Gasteiger partial charge in [0.25, 0.3) is 0 Å². The first kappa shape index (κ1) is 14.1. The van der Waals surface area contributed by atoms with Crippen LogP contribution in [0.1, 0.15) is 12.8 Å². The number of morpholine rings is 1. The molecular weight excluding hydrogens is 256 g/mol. The number of hydrogen-bond donors (Lipinski definition) is 1. The molecule has 6 heteroatoms. The topological polar surface area (TPSA) is 48.1 Å². The summed E-state index contributed by atoms with van der Waals surface area (Å²) >= 11 is 0. The second-order valence-electron chi connectivity index (χ2n) is 5.89. The van der Waals surface area contributed by atoms with Gasteiger partial charge in [0.05, 0.1) is 13.2 Å². The molecule has 0 saturated carbocycles. The van der Waals surface area contributed by atoms with Gasteiger partial charge < -0.3 is 19.9 Å². The summed E-state index contributed by atoms with van der Waals surface area (Å²) in [5.74, 6) is 0. The predicted octanol–water partition coefficient (Wildman–Crippen LogP) is -0.192. The molecule has 3 heterocycles. The molecule has 0 unspecified atom stereocenters. The molecular formula is C14H26N4O2. The lowest BCUT2D eigenvalue weighted by atomic mass is 10.0. The van der Waals surface area contributed by atoms with Crippen LogP contribution in [0.15, 0.2) is 0 Å². The van der Waals surface area contributed by atoms with E-state index < -0.39 is 0 Å². The van der Waals surface area contributed by atoms with E-state index in [0.29, 0.717) is 19.3 Å².